The summed E-state index contributed by atoms with van der Waals surface area (Å²) in [5, 5.41) is 1.48. The van der Waals surface area contributed by atoms with Crippen molar-refractivity contribution >= 4 is 11.4 Å². The number of hydroxylamine groups is 2. The van der Waals surface area contributed by atoms with Crippen molar-refractivity contribution in [2.45, 2.75) is 27.7 Å². The van der Waals surface area contributed by atoms with E-state index in [0.717, 1.165) is 0 Å². The molecular weight excluding hydrogens is 190 g/mol. The van der Waals surface area contributed by atoms with E-state index in [1.165, 1.54) is 5.06 Å². The van der Waals surface area contributed by atoms with E-state index in [1.54, 1.807) is 0 Å². The van der Waals surface area contributed by atoms with Crippen molar-refractivity contribution in [3.8, 4) is 0 Å². The van der Waals surface area contributed by atoms with Crippen LogP contribution in [-0.4, -0.2) is 26.9 Å². The second kappa shape index (κ2) is 6.48. The molecule has 4 nitrogen and oxygen atoms in total. The monoisotopic (exact) mass is 208 g/mol. The van der Waals surface area contributed by atoms with E-state index in [-0.39, 0.29) is 0 Å². The van der Waals surface area contributed by atoms with Gasteiger partial charge in [-0.15, -0.1) is 0 Å². The fraction of sp³-hybridized carbons (Fsp3) is 1.00. The van der Waals surface area contributed by atoms with E-state index in [1.807, 2.05) is 27.7 Å². The Morgan fingerprint density at radius 3 is 1.85 bits per heavy atom. The third-order valence-electron chi connectivity index (χ3n) is 1.30. The highest BCUT2D eigenvalue weighted by molar-refractivity contribution is 7.74. The van der Waals surface area contributed by atoms with Gasteiger partial charge in [0, 0.05) is 13.1 Å². The summed E-state index contributed by atoms with van der Waals surface area (Å²) in [4.78, 5) is 0. The molecule has 5 heteroatoms. The van der Waals surface area contributed by atoms with Crippen molar-refractivity contribution in [2.24, 2.45) is 11.8 Å². The Kier molecular flexibility index (Phi) is 6.49. The minimum absolute atomic E-state index is 0.391. The van der Waals surface area contributed by atoms with Gasteiger partial charge in [-0.25, -0.2) is 8.49 Å². The Bertz CT molecular complexity index is 151. The summed E-state index contributed by atoms with van der Waals surface area (Å²) < 4.78 is 25.2. The van der Waals surface area contributed by atoms with Crippen LogP contribution in [0.15, 0.2) is 0 Å². The average Bonchev–Trinajstić information content (AvgIpc) is 1.80. The molecule has 0 saturated carbocycles. The van der Waals surface area contributed by atoms with Crippen LogP contribution in [0.5, 0.6) is 0 Å². The first-order valence-electron chi connectivity index (χ1n) is 4.44. The highest BCUT2D eigenvalue weighted by atomic mass is 32.2. The minimum Gasteiger partial charge on any atom is -0.748 e. The molecule has 0 aliphatic heterocycles. The molecule has 0 spiro atoms. The van der Waals surface area contributed by atoms with E-state index in [4.69, 9.17) is 0 Å². The van der Waals surface area contributed by atoms with Gasteiger partial charge in [0.25, 0.3) is 0 Å². The lowest BCUT2D eigenvalue weighted by molar-refractivity contribution is -0.0705. The van der Waals surface area contributed by atoms with Crippen molar-refractivity contribution in [1.29, 1.82) is 0 Å². The van der Waals surface area contributed by atoms with Gasteiger partial charge in [-0.05, 0) is 11.8 Å². The zero-order valence-corrected chi connectivity index (χ0v) is 9.47. The average molecular weight is 208 g/mol. The maximum Gasteiger partial charge on any atom is 0.106 e. The van der Waals surface area contributed by atoms with Crippen LogP contribution in [0.3, 0.4) is 0 Å². The summed E-state index contributed by atoms with van der Waals surface area (Å²) in [6.07, 6.45) is 0. The van der Waals surface area contributed by atoms with Crippen molar-refractivity contribution in [2.75, 3.05) is 13.1 Å². The van der Waals surface area contributed by atoms with Gasteiger partial charge in [-0.3, -0.25) is 0 Å². The van der Waals surface area contributed by atoms with Crippen molar-refractivity contribution in [3.63, 3.8) is 0 Å². The second-order valence-electron chi connectivity index (χ2n) is 3.91. The molecule has 0 bridgehead atoms. The lowest BCUT2D eigenvalue weighted by Gasteiger charge is -2.25. The zero-order chi connectivity index (χ0) is 10.4. The van der Waals surface area contributed by atoms with E-state index in [0.29, 0.717) is 24.9 Å². The van der Waals surface area contributed by atoms with Crippen molar-refractivity contribution in [1.82, 2.24) is 5.06 Å². The van der Waals surface area contributed by atoms with Crippen LogP contribution in [0.25, 0.3) is 0 Å². The lowest BCUT2D eigenvalue weighted by atomic mass is 10.2. The maximum atomic E-state index is 10.3. The van der Waals surface area contributed by atoms with Crippen LogP contribution >= 0.6 is 0 Å². The van der Waals surface area contributed by atoms with Crippen molar-refractivity contribution in [3.05, 3.63) is 0 Å². The van der Waals surface area contributed by atoms with E-state index < -0.39 is 11.4 Å². The molecule has 0 amide bonds. The molecule has 0 aromatic rings. The fourth-order valence-corrected chi connectivity index (χ4v) is 1.33. The van der Waals surface area contributed by atoms with Gasteiger partial charge in [0.15, 0.2) is 0 Å². The Balaban J connectivity index is 3.95. The minimum atomic E-state index is -2.45. The molecule has 0 aliphatic carbocycles. The van der Waals surface area contributed by atoms with Gasteiger partial charge >= 0.3 is 0 Å². The van der Waals surface area contributed by atoms with Gasteiger partial charge in [0.05, 0.1) is 0 Å². The number of nitrogens with zero attached hydrogens (tertiary/aromatic N) is 1. The molecule has 1 unspecified atom stereocenters. The molecule has 0 aliphatic rings. The Morgan fingerprint density at radius 2 is 1.62 bits per heavy atom. The molecule has 0 fully saturated rings. The molecule has 0 saturated heterocycles. The SMILES string of the molecule is CC(C)CN(CC(C)C)OS(=O)[O-]. The molecule has 13 heavy (non-hydrogen) atoms. The lowest BCUT2D eigenvalue weighted by Crippen LogP contribution is -2.32. The summed E-state index contributed by atoms with van der Waals surface area (Å²) >= 11 is -2.45. The second-order valence-corrected chi connectivity index (χ2v) is 4.47. The number of hydrogen-bond acceptors (Lipinski definition) is 4. The third kappa shape index (κ3) is 8.36. The van der Waals surface area contributed by atoms with Gasteiger partial charge in [0.1, 0.15) is 11.4 Å². The topological polar surface area (TPSA) is 52.6 Å². The molecule has 1 atom stereocenters. The predicted molar refractivity (Wildman–Crippen MR) is 51.3 cm³/mol. The summed E-state index contributed by atoms with van der Waals surface area (Å²) in [7, 11) is 0. The first kappa shape index (κ1) is 13.0. The Hall–Kier alpha value is 0.0300. The van der Waals surface area contributed by atoms with Crippen LogP contribution in [-0.2, 0) is 15.6 Å². The summed E-state index contributed by atoms with van der Waals surface area (Å²) in [6, 6.07) is 0. The zero-order valence-electron chi connectivity index (χ0n) is 8.65. The fourth-order valence-electron chi connectivity index (χ4n) is 1.04. The summed E-state index contributed by atoms with van der Waals surface area (Å²) in [5.74, 6) is 0.782. The summed E-state index contributed by atoms with van der Waals surface area (Å²) in [5.41, 5.74) is 0. The molecule has 0 aromatic heterocycles. The van der Waals surface area contributed by atoms with E-state index in [9.17, 15) is 8.76 Å². The highest BCUT2D eigenvalue weighted by Gasteiger charge is 2.10. The summed E-state index contributed by atoms with van der Waals surface area (Å²) in [6.45, 7) is 9.34. The van der Waals surface area contributed by atoms with Gasteiger partial charge in [-0.2, -0.15) is 5.06 Å². The van der Waals surface area contributed by atoms with Crippen LogP contribution in [0, 0.1) is 11.8 Å². The first-order chi connectivity index (χ1) is 5.91. The predicted octanol–water partition coefficient (Wildman–Crippen LogP) is 1.33. The van der Waals surface area contributed by atoms with Gasteiger partial charge < -0.3 is 4.55 Å². The molecule has 0 rings (SSSR count). The normalized spacial score (nSPS) is 14.5. The Labute approximate surface area is 82.7 Å². The van der Waals surface area contributed by atoms with Crippen LogP contribution < -0.4 is 0 Å². The quantitative estimate of drug-likeness (QED) is 0.488. The molecule has 0 aromatic carbocycles. The van der Waals surface area contributed by atoms with Crippen molar-refractivity contribution < 1.29 is 13.0 Å². The standard InChI is InChI=1S/C8H19NO3S/c1-7(2)5-9(6-8(3)4)12-13(10)11/h7-8H,5-6H2,1-4H3,(H,10,11)/p-1. The van der Waals surface area contributed by atoms with Gasteiger partial charge in [-0.1, -0.05) is 27.7 Å². The molecule has 0 radical (unpaired) electrons. The number of rotatable bonds is 6. The van der Waals surface area contributed by atoms with Gasteiger partial charge in [0.2, 0.25) is 0 Å². The number of hydrogen-bond donors (Lipinski definition) is 0. The third-order valence-corrected chi connectivity index (χ3v) is 1.64. The Morgan fingerprint density at radius 1 is 1.23 bits per heavy atom. The largest absolute Gasteiger partial charge is 0.748 e. The van der Waals surface area contributed by atoms with Crippen LogP contribution in [0.4, 0.5) is 0 Å². The van der Waals surface area contributed by atoms with Crippen LogP contribution in [0.1, 0.15) is 27.7 Å². The smallest absolute Gasteiger partial charge is 0.106 e. The first-order valence-corrected chi connectivity index (χ1v) is 5.44. The molecule has 0 heterocycles. The van der Waals surface area contributed by atoms with E-state index >= 15 is 0 Å². The molecule has 0 N–H and O–H groups in total. The van der Waals surface area contributed by atoms with Crippen LogP contribution in [0.2, 0.25) is 0 Å². The van der Waals surface area contributed by atoms with E-state index in [2.05, 4.69) is 4.28 Å². The molecular formula is C8H18NO3S-. The maximum absolute atomic E-state index is 10.3. The molecule has 80 valence electrons. The highest BCUT2D eigenvalue weighted by Crippen LogP contribution is 2.04.